The predicted octanol–water partition coefficient (Wildman–Crippen LogP) is -0.0214. The van der Waals surface area contributed by atoms with E-state index in [2.05, 4.69) is 0 Å². The molecule has 0 aromatic carbocycles. The van der Waals surface area contributed by atoms with Gasteiger partial charge in [0, 0.05) is 44.5 Å². The Bertz CT molecular complexity index is 284. The summed E-state index contributed by atoms with van der Waals surface area (Å²) in [5, 5.41) is 0.214. The Morgan fingerprint density at radius 2 is 1.47 bits per heavy atom. The van der Waals surface area contributed by atoms with Crippen LogP contribution in [0.3, 0.4) is 0 Å². The molecule has 0 bridgehead atoms. The summed E-state index contributed by atoms with van der Waals surface area (Å²) in [5.74, 6) is -1.87. The Balaban J connectivity index is -0.000000267. The van der Waals surface area contributed by atoms with E-state index in [0.29, 0.717) is 0 Å². The number of imide groups is 1. The van der Waals surface area contributed by atoms with E-state index in [1.807, 2.05) is 5.43 Å². The summed E-state index contributed by atoms with van der Waals surface area (Å²) in [6.07, 6.45) is 2.30. The smallest absolute Gasteiger partial charge is 0.680 e. The normalized spacial score (nSPS) is 11.0. The molecule has 19 heavy (non-hydrogen) atoms. The molecule has 0 saturated heterocycles. The van der Waals surface area contributed by atoms with Crippen LogP contribution in [-0.4, -0.2) is 36.6 Å². The Kier molecular flexibility index (Phi) is 23.2. The van der Waals surface area contributed by atoms with Gasteiger partial charge in [-0.2, -0.15) is 19.9 Å². The molecule has 0 fully saturated rings. The summed E-state index contributed by atoms with van der Waals surface area (Å²) in [4.78, 5) is 42.4. The summed E-state index contributed by atoms with van der Waals surface area (Å²) in [7, 11) is 1.25. The van der Waals surface area contributed by atoms with Gasteiger partial charge in [-0.15, -0.1) is 0 Å². The van der Waals surface area contributed by atoms with Gasteiger partial charge >= 0.3 is 21.1 Å². The first kappa shape index (κ1) is 27.4. The number of hydrogen-bond donors (Lipinski definition) is 1. The zero-order valence-electron chi connectivity index (χ0n) is 11.2. The van der Waals surface area contributed by atoms with Crippen molar-refractivity contribution in [1.29, 1.82) is 0 Å². The van der Waals surface area contributed by atoms with Crippen LogP contribution in [0.1, 0.15) is 20.8 Å². The van der Waals surface area contributed by atoms with Crippen LogP contribution in [0, 0.1) is 11.8 Å². The van der Waals surface area contributed by atoms with Crippen molar-refractivity contribution >= 4 is 24.5 Å². The molecular weight excluding hydrogens is 499 g/mol. The summed E-state index contributed by atoms with van der Waals surface area (Å²) in [6, 6.07) is 0. The van der Waals surface area contributed by atoms with E-state index in [0.717, 1.165) is 12.8 Å². The molecule has 0 heterocycles. The number of nitrogens with one attached hydrogen (secondary N) is 2. The molecule has 3 amide bonds. The van der Waals surface area contributed by atoms with Crippen LogP contribution in [0.4, 0.5) is 0 Å². The molecule has 9 heteroatoms. The van der Waals surface area contributed by atoms with Gasteiger partial charge in [0.15, 0.2) is 0 Å². The van der Waals surface area contributed by atoms with E-state index >= 15 is 0 Å². The number of nitrogens with zero attached hydrogens (tertiary/aromatic N) is 1. The first-order chi connectivity index (χ1) is 7.93. The molecule has 0 aromatic rings. The van der Waals surface area contributed by atoms with Crippen molar-refractivity contribution in [3.05, 3.63) is 5.73 Å². The first-order valence-electron chi connectivity index (χ1n) is 4.80. The molecule has 105 valence electrons. The molecule has 0 aliphatic rings. The Hall–Kier alpha value is 0.0322. The second-order valence-electron chi connectivity index (χ2n) is 3.18. The van der Waals surface area contributed by atoms with Gasteiger partial charge in [-0.25, -0.2) is 0 Å². The third-order valence-electron chi connectivity index (χ3n) is 2.21. The number of rotatable bonds is 6. The predicted molar refractivity (Wildman–Crippen MR) is 60.6 cm³/mol. The van der Waals surface area contributed by atoms with E-state index in [4.69, 9.17) is 5.73 Å². The van der Waals surface area contributed by atoms with Gasteiger partial charge < -0.3 is 25.8 Å². The quantitative estimate of drug-likeness (QED) is 0.305. The maximum atomic E-state index is 11.4. The van der Waals surface area contributed by atoms with Crippen LogP contribution < -0.4 is 5.43 Å². The maximum Gasteiger partial charge on any atom is 2.00 e. The van der Waals surface area contributed by atoms with Crippen molar-refractivity contribution in [3.63, 3.8) is 0 Å². The molecule has 1 radical (unpaired) electrons. The number of carbonyl (C=O) groups is 2. The second kappa shape index (κ2) is 16.1. The fourth-order valence-electron chi connectivity index (χ4n) is 0.855. The van der Waals surface area contributed by atoms with Gasteiger partial charge in [0.1, 0.15) is 5.78 Å². The van der Waals surface area contributed by atoms with Crippen molar-refractivity contribution in [2.24, 2.45) is 11.8 Å². The van der Waals surface area contributed by atoms with Gasteiger partial charge in [0.05, 0.1) is 0 Å². The van der Waals surface area contributed by atoms with Crippen molar-refractivity contribution < 1.29 is 73.0 Å². The molecule has 7 nitrogen and oxygen atoms in total. The van der Waals surface area contributed by atoms with E-state index < -0.39 is 17.7 Å². The van der Waals surface area contributed by atoms with Crippen molar-refractivity contribution in [2.75, 3.05) is 7.05 Å². The summed E-state index contributed by atoms with van der Waals surface area (Å²) >= 11 is 0. The zero-order chi connectivity index (χ0) is 14.0. The van der Waals surface area contributed by atoms with E-state index in [9.17, 15) is 19.2 Å². The van der Waals surface area contributed by atoms with Crippen molar-refractivity contribution in [2.45, 2.75) is 20.8 Å². The third-order valence-corrected chi connectivity index (χ3v) is 2.21. The van der Waals surface area contributed by atoms with Gasteiger partial charge in [-0.3, -0.25) is 9.59 Å². The van der Waals surface area contributed by atoms with Crippen LogP contribution >= 0.6 is 0 Å². The average molecular weight is 515 g/mol. The van der Waals surface area contributed by atoms with Gasteiger partial charge in [0.25, 0.3) is 0 Å². The molecule has 0 spiro atoms. The number of Topliss-reactive ketones (excluding diaryl/α,β-unsaturated/α-hetero) is 1. The van der Waals surface area contributed by atoms with Gasteiger partial charge in [0.2, 0.25) is 5.91 Å². The molecule has 0 aromatic heterocycles. The fraction of sp³-hybridized carbons (Fsp3) is 0.600. The SMILES string of the molecule is CC(=O)[C@@H](C)[C@@H](C)C(=O)NN([C-]=O)[C-]=O.C[NH-].[W+2].[Y]. The standard InChI is InChI=1S/C9H12N2O4.CH4N.W.Y/c1-6(8(3)14)7(2)9(15)10-11(4-12)5-13;1-2;;/h6-7H,1-3H3,(H,10,15);2H,1H3;;/q-2;-1;+2;/t6-,7+;;;/m0.../s1. The third kappa shape index (κ3) is 11.5. The summed E-state index contributed by atoms with van der Waals surface area (Å²) in [5.41, 5.74) is 7.70. The maximum absolute atomic E-state index is 11.4. The monoisotopic (exact) mass is 515 g/mol. The molecular formula is C10H16N3O4WY-. The molecule has 0 unspecified atom stereocenters. The Labute approximate surface area is 152 Å². The minimum atomic E-state index is -0.633. The van der Waals surface area contributed by atoms with Crippen molar-refractivity contribution in [1.82, 2.24) is 10.4 Å². The van der Waals surface area contributed by atoms with Gasteiger partial charge in [-0.05, 0) is 6.92 Å². The molecule has 0 saturated carbocycles. The van der Waals surface area contributed by atoms with Crippen LogP contribution in [-0.2, 0) is 73.0 Å². The van der Waals surface area contributed by atoms with E-state index in [1.54, 1.807) is 6.92 Å². The molecule has 0 aliphatic carbocycles. The second-order valence-corrected chi connectivity index (χ2v) is 3.18. The largest absolute Gasteiger partial charge is 2.00 e. The average Bonchev–Trinajstić information content (AvgIpc) is 2.35. The van der Waals surface area contributed by atoms with Crippen LogP contribution in [0.25, 0.3) is 5.73 Å². The van der Waals surface area contributed by atoms with Crippen LogP contribution in [0.5, 0.6) is 0 Å². The summed E-state index contributed by atoms with van der Waals surface area (Å²) < 4.78 is 0. The van der Waals surface area contributed by atoms with E-state index in [1.165, 1.54) is 20.9 Å². The number of amides is 3. The number of hydrazine groups is 1. The number of hydrogen-bond acceptors (Lipinski definition) is 4. The Morgan fingerprint density at radius 3 is 1.74 bits per heavy atom. The fourth-order valence-corrected chi connectivity index (χ4v) is 0.855. The van der Waals surface area contributed by atoms with Crippen LogP contribution in [0.15, 0.2) is 0 Å². The molecule has 2 N–H and O–H groups in total. The molecule has 0 aliphatic heterocycles. The van der Waals surface area contributed by atoms with Crippen molar-refractivity contribution in [3.8, 4) is 0 Å². The number of ketones is 1. The molecule has 2 atom stereocenters. The minimum absolute atomic E-state index is 0. The number of carbonyl (C=O) groups excluding carboxylic acids is 4. The summed E-state index contributed by atoms with van der Waals surface area (Å²) in [6.45, 7) is 4.48. The van der Waals surface area contributed by atoms with E-state index in [-0.39, 0.29) is 64.6 Å². The zero-order valence-corrected chi connectivity index (χ0v) is 17.0. The minimum Gasteiger partial charge on any atom is -0.680 e. The first-order valence-corrected chi connectivity index (χ1v) is 4.80. The van der Waals surface area contributed by atoms with Gasteiger partial charge in [-0.1, -0.05) is 13.8 Å². The Morgan fingerprint density at radius 1 is 1.11 bits per heavy atom. The molecule has 0 rings (SSSR count). The topological polar surface area (TPSA) is 107 Å². The van der Waals surface area contributed by atoms with Crippen LogP contribution in [0.2, 0.25) is 0 Å².